The van der Waals surface area contributed by atoms with Crippen LogP contribution in [0.5, 0.6) is 0 Å². The Morgan fingerprint density at radius 2 is 2.00 bits per heavy atom. The maximum atomic E-state index is 12.9. The lowest BCUT2D eigenvalue weighted by Crippen LogP contribution is -2.38. The van der Waals surface area contributed by atoms with Gasteiger partial charge in [0.15, 0.2) is 5.69 Å². The summed E-state index contributed by atoms with van der Waals surface area (Å²) < 4.78 is 1.68. The van der Waals surface area contributed by atoms with Crippen molar-refractivity contribution in [2.45, 2.75) is 38.4 Å². The molecule has 3 aromatic rings. The summed E-state index contributed by atoms with van der Waals surface area (Å²) in [5.74, 6) is -0.136. The van der Waals surface area contributed by atoms with Gasteiger partial charge in [0.2, 0.25) is 0 Å². The molecule has 0 aliphatic carbocycles. The van der Waals surface area contributed by atoms with E-state index < -0.39 is 0 Å². The molecule has 0 radical (unpaired) electrons. The van der Waals surface area contributed by atoms with Crippen molar-refractivity contribution < 1.29 is 9.59 Å². The van der Waals surface area contributed by atoms with Crippen molar-refractivity contribution in [3.8, 4) is 0 Å². The molecular formula is C21H23N7O2. The number of aromatic nitrogens is 5. The normalized spacial score (nSPS) is 18.5. The summed E-state index contributed by atoms with van der Waals surface area (Å²) >= 11 is 0. The van der Waals surface area contributed by atoms with Gasteiger partial charge in [0.1, 0.15) is 0 Å². The van der Waals surface area contributed by atoms with Crippen molar-refractivity contribution in [1.82, 2.24) is 35.0 Å². The highest BCUT2D eigenvalue weighted by Gasteiger charge is 2.31. The zero-order valence-corrected chi connectivity index (χ0v) is 16.6. The van der Waals surface area contributed by atoms with Crippen LogP contribution in [0.2, 0.25) is 0 Å². The standard InChI is InChI=1S/C21H23N7O2/c29-20(17-10-22-23-11-17)28-8-3-6-18(28)13-27-14-19(24-25-27)21(30)26-9-7-15-4-1-2-5-16(15)12-26/h1-2,4-5,10-11,14,18H,3,6-9,12-13H2,(H,22,23). The van der Waals surface area contributed by atoms with Crippen LogP contribution in [0.4, 0.5) is 0 Å². The predicted octanol–water partition coefficient (Wildman–Crippen LogP) is 1.50. The van der Waals surface area contributed by atoms with E-state index in [0.717, 1.165) is 19.3 Å². The number of H-pyrrole nitrogens is 1. The van der Waals surface area contributed by atoms with E-state index in [1.165, 1.54) is 11.1 Å². The van der Waals surface area contributed by atoms with Crippen LogP contribution in [0.3, 0.4) is 0 Å². The fourth-order valence-corrected chi connectivity index (χ4v) is 4.36. The minimum atomic E-state index is -0.103. The van der Waals surface area contributed by atoms with E-state index in [9.17, 15) is 9.59 Å². The van der Waals surface area contributed by atoms with E-state index in [-0.39, 0.29) is 17.9 Å². The fraction of sp³-hybridized carbons (Fsp3) is 0.381. The highest BCUT2D eigenvalue weighted by atomic mass is 16.2. The number of nitrogens with one attached hydrogen (secondary N) is 1. The second-order valence-electron chi connectivity index (χ2n) is 7.85. The molecule has 2 aliphatic heterocycles. The maximum Gasteiger partial charge on any atom is 0.276 e. The third-order valence-corrected chi connectivity index (χ3v) is 5.96. The van der Waals surface area contributed by atoms with E-state index in [1.807, 2.05) is 21.9 Å². The second kappa shape index (κ2) is 7.74. The summed E-state index contributed by atoms with van der Waals surface area (Å²) in [5.41, 5.74) is 3.39. The molecule has 154 valence electrons. The Morgan fingerprint density at radius 1 is 1.13 bits per heavy atom. The van der Waals surface area contributed by atoms with E-state index >= 15 is 0 Å². The molecule has 30 heavy (non-hydrogen) atoms. The van der Waals surface area contributed by atoms with Gasteiger partial charge in [-0.25, -0.2) is 4.68 Å². The van der Waals surface area contributed by atoms with Gasteiger partial charge in [-0.1, -0.05) is 29.5 Å². The number of hydrogen-bond acceptors (Lipinski definition) is 5. The summed E-state index contributed by atoms with van der Waals surface area (Å²) in [4.78, 5) is 29.3. The number of carbonyl (C=O) groups excluding carboxylic acids is 2. The molecule has 5 rings (SSSR count). The van der Waals surface area contributed by atoms with Crippen LogP contribution in [0.1, 0.15) is 44.8 Å². The quantitative estimate of drug-likeness (QED) is 0.709. The third-order valence-electron chi connectivity index (χ3n) is 5.96. The fourth-order valence-electron chi connectivity index (χ4n) is 4.36. The van der Waals surface area contributed by atoms with Gasteiger partial charge in [-0.15, -0.1) is 5.10 Å². The topological polar surface area (TPSA) is 100 Å². The highest BCUT2D eigenvalue weighted by Crippen LogP contribution is 2.22. The molecule has 2 aromatic heterocycles. The first-order valence-electron chi connectivity index (χ1n) is 10.2. The molecule has 4 heterocycles. The molecule has 2 amide bonds. The molecule has 1 saturated heterocycles. The number of rotatable bonds is 4. The number of likely N-dealkylation sites (tertiary alicyclic amines) is 1. The lowest BCUT2D eigenvalue weighted by atomic mass is 10.00. The van der Waals surface area contributed by atoms with Crippen LogP contribution in [0, 0.1) is 0 Å². The van der Waals surface area contributed by atoms with Crippen LogP contribution in [-0.4, -0.2) is 65.9 Å². The lowest BCUT2D eigenvalue weighted by molar-refractivity contribution is 0.0714. The van der Waals surface area contributed by atoms with E-state index in [4.69, 9.17) is 0 Å². The number of benzene rings is 1. The van der Waals surface area contributed by atoms with Crippen molar-refractivity contribution >= 4 is 11.8 Å². The van der Waals surface area contributed by atoms with Gasteiger partial charge in [0, 0.05) is 25.8 Å². The summed E-state index contributed by atoms with van der Waals surface area (Å²) in [7, 11) is 0. The third kappa shape index (κ3) is 3.47. The molecule has 1 N–H and O–H groups in total. The molecule has 1 atom stereocenters. The Labute approximate surface area is 173 Å². The largest absolute Gasteiger partial charge is 0.334 e. The van der Waals surface area contributed by atoms with Crippen LogP contribution >= 0.6 is 0 Å². The molecule has 2 aliphatic rings. The van der Waals surface area contributed by atoms with Gasteiger partial charge < -0.3 is 9.80 Å². The molecule has 1 unspecified atom stereocenters. The SMILES string of the molecule is O=C(c1cn(CC2CCCN2C(=O)c2cn[nH]c2)nn1)N1CCc2ccccc2C1. The Morgan fingerprint density at radius 3 is 2.83 bits per heavy atom. The van der Waals surface area contributed by atoms with Crippen LogP contribution in [-0.2, 0) is 19.5 Å². The maximum absolute atomic E-state index is 12.9. The first kappa shape index (κ1) is 18.5. The molecular weight excluding hydrogens is 382 g/mol. The number of hydrogen-bond donors (Lipinski definition) is 1. The zero-order chi connectivity index (χ0) is 20.5. The average Bonchev–Trinajstić information content (AvgIpc) is 3.54. The van der Waals surface area contributed by atoms with Crippen molar-refractivity contribution in [2.75, 3.05) is 13.1 Å². The summed E-state index contributed by atoms with van der Waals surface area (Å²) in [6.07, 6.45) is 7.55. The monoisotopic (exact) mass is 405 g/mol. The van der Waals surface area contributed by atoms with Crippen molar-refractivity contribution in [1.29, 1.82) is 0 Å². The van der Waals surface area contributed by atoms with Gasteiger partial charge in [-0.2, -0.15) is 5.10 Å². The van der Waals surface area contributed by atoms with Gasteiger partial charge in [0.05, 0.1) is 30.5 Å². The van der Waals surface area contributed by atoms with Gasteiger partial charge in [0.25, 0.3) is 11.8 Å². The molecule has 0 saturated carbocycles. The number of nitrogens with zero attached hydrogens (tertiary/aromatic N) is 6. The number of aromatic amines is 1. The predicted molar refractivity (Wildman–Crippen MR) is 108 cm³/mol. The molecule has 0 spiro atoms. The Balaban J connectivity index is 1.25. The van der Waals surface area contributed by atoms with Gasteiger partial charge in [-0.05, 0) is 30.4 Å². The molecule has 0 bridgehead atoms. The number of carbonyl (C=O) groups is 2. The Kier molecular flexibility index (Phi) is 4.78. The van der Waals surface area contributed by atoms with Crippen LogP contribution in [0.25, 0.3) is 0 Å². The Bertz CT molecular complexity index is 1060. The summed E-state index contributed by atoms with van der Waals surface area (Å²) in [5, 5.41) is 14.8. The lowest BCUT2D eigenvalue weighted by Gasteiger charge is -2.28. The first-order valence-corrected chi connectivity index (χ1v) is 10.2. The zero-order valence-electron chi connectivity index (χ0n) is 16.6. The molecule has 9 nitrogen and oxygen atoms in total. The second-order valence-corrected chi connectivity index (χ2v) is 7.85. The molecule has 1 fully saturated rings. The average molecular weight is 405 g/mol. The first-order chi connectivity index (χ1) is 14.7. The van der Waals surface area contributed by atoms with Crippen molar-refractivity contribution in [2.24, 2.45) is 0 Å². The van der Waals surface area contributed by atoms with E-state index in [0.29, 0.717) is 37.4 Å². The minimum absolute atomic E-state index is 0.0268. The molecule has 1 aromatic carbocycles. The molecule has 9 heteroatoms. The summed E-state index contributed by atoms with van der Waals surface area (Å²) in [6, 6.07) is 8.24. The van der Waals surface area contributed by atoms with Gasteiger partial charge in [-0.3, -0.25) is 14.7 Å². The number of amides is 2. The Hall–Kier alpha value is -3.49. The van der Waals surface area contributed by atoms with Crippen LogP contribution < -0.4 is 0 Å². The minimum Gasteiger partial charge on any atom is -0.334 e. The highest BCUT2D eigenvalue weighted by molar-refractivity contribution is 5.94. The van der Waals surface area contributed by atoms with E-state index in [1.54, 1.807) is 23.3 Å². The summed E-state index contributed by atoms with van der Waals surface area (Å²) in [6.45, 7) is 2.50. The van der Waals surface area contributed by atoms with Crippen molar-refractivity contribution in [3.63, 3.8) is 0 Å². The van der Waals surface area contributed by atoms with Gasteiger partial charge >= 0.3 is 0 Å². The van der Waals surface area contributed by atoms with Crippen LogP contribution in [0.15, 0.2) is 42.9 Å². The van der Waals surface area contributed by atoms with E-state index in [2.05, 4.69) is 32.6 Å². The number of fused-ring (bicyclic) bond motifs is 1. The van der Waals surface area contributed by atoms with Crippen molar-refractivity contribution in [3.05, 3.63) is 65.2 Å². The smallest absolute Gasteiger partial charge is 0.276 e.